The van der Waals surface area contributed by atoms with Gasteiger partial charge in [-0.3, -0.25) is 14.9 Å². The van der Waals surface area contributed by atoms with Gasteiger partial charge < -0.3 is 9.88 Å². The van der Waals surface area contributed by atoms with Crippen LogP contribution in [0.1, 0.15) is 13.3 Å². The van der Waals surface area contributed by atoms with Crippen LogP contribution in [0.15, 0.2) is 18.5 Å². The number of nitrogens with one attached hydrogen (secondary N) is 2. The smallest absolute Gasteiger partial charge is 0.227 e. The van der Waals surface area contributed by atoms with Crippen LogP contribution in [0, 0.1) is 16.6 Å². The monoisotopic (exact) mass is 289 g/mol. The SMILES string of the molecule is C[C@@H]1C[C@H]1C(=O)Nc1cncc(-c2n[nH]c(=S)n2C)c1. The molecule has 2 N–H and O–H groups in total. The van der Waals surface area contributed by atoms with E-state index in [0.29, 0.717) is 22.2 Å². The lowest BCUT2D eigenvalue weighted by molar-refractivity contribution is -0.117. The fourth-order valence-electron chi connectivity index (χ4n) is 2.16. The predicted molar refractivity (Wildman–Crippen MR) is 77.5 cm³/mol. The number of amides is 1. The summed E-state index contributed by atoms with van der Waals surface area (Å²) >= 11 is 5.09. The number of carbonyl (C=O) groups excluding carboxylic acids is 1. The minimum Gasteiger partial charge on any atom is -0.324 e. The first kappa shape index (κ1) is 13.0. The Hall–Kier alpha value is -2.02. The zero-order valence-electron chi connectivity index (χ0n) is 11.3. The van der Waals surface area contributed by atoms with Gasteiger partial charge in [-0.1, -0.05) is 6.92 Å². The lowest BCUT2D eigenvalue weighted by atomic mass is 10.2. The summed E-state index contributed by atoms with van der Waals surface area (Å²) in [5.41, 5.74) is 1.49. The molecule has 0 unspecified atom stereocenters. The van der Waals surface area contributed by atoms with Crippen molar-refractivity contribution in [1.29, 1.82) is 0 Å². The maximum atomic E-state index is 11.9. The summed E-state index contributed by atoms with van der Waals surface area (Å²) in [6.07, 6.45) is 4.29. The molecular formula is C13H15N5OS. The number of aromatic amines is 1. The number of nitrogens with zero attached hydrogens (tertiary/aromatic N) is 3. The van der Waals surface area contributed by atoms with Crippen LogP contribution in [-0.4, -0.2) is 25.7 Å². The predicted octanol–water partition coefficient (Wildman–Crippen LogP) is 2.13. The Morgan fingerprint density at radius 3 is 2.90 bits per heavy atom. The molecule has 104 valence electrons. The molecule has 1 aliphatic carbocycles. The number of carbonyl (C=O) groups is 1. The molecule has 0 bridgehead atoms. The van der Waals surface area contributed by atoms with E-state index in [0.717, 1.165) is 12.0 Å². The lowest BCUT2D eigenvalue weighted by Crippen LogP contribution is -2.14. The van der Waals surface area contributed by atoms with Crippen molar-refractivity contribution in [2.45, 2.75) is 13.3 Å². The van der Waals surface area contributed by atoms with Gasteiger partial charge in [0.1, 0.15) is 0 Å². The first-order chi connectivity index (χ1) is 9.56. The minimum absolute atomic E-state index is 0.0619. The Kier molecular flexibility index (Phi) is 3.13. The molecule has 1 aliphatic rings. The van der Waals surface area contributed by atoms with Gasteiger partial charge in [0, 0.05) is 24.7 Å². The quantitative estimate of drug-likeness (QED) is 0.849. The third-order valence-corrected chi connectivity index (χ3v) is 3.96. The van der Waals surface area contributed by atoms with Crippen molar-refractivity contribution in [1.82, 2.24) is 19.7 Å². The highest BCUT2D eigenvalue weighted by Crippen LogP contribution is 2.38. The fraction of sp³-hybridized carbons (Fsp3) is 0.385. The van der Waals surface area contributed by atoms with Gasteiger partial charge in [0.15, 0.2) is 10.6 Å². The molecule has 1 amide bonds. The molecule has 2 atom stereocenters. The number of anilines is 1. The summed E-state index contributed by atoms with van der Waals surface area (Å²) in [5.74, 6) is 1.38. The van der Waals surface area contributed by atoms with Gasteiger partial charge in [0.25, 0.3) is 0 Å². The highest BCUT2D eigenvalue weighted by Gasteiger charge is 2.39. The highest BCUT2D eigenvalue weighted by atomic mass is 32.1. The third-order valence-electron chi connectivity index (χ3n) is 3.59. The van der Waals surface area contributed by atoms with Gasteiger partial charge >= 0.3 is 0 Å². The van der Waals surface area contributed by atoms with Crippen molar-refractivity contribution in [3.05, 3.63) is 23.2 Å². The van der Waals surface area contributed by atoms with Gasteiger partial charge in [-0.15, -0.1) is 0 Å². The van der Waals surface area contributed by atoms with Crippen LogP contribution in [0.25, 0.3) is 11.4 Å². The summed E-state index contributed by atoms with van der Waals surface area (Å²) < 4.78 is 2.31. The standard InChI is InChI=1S/C13H15N5OS/c1-7-3-10(7)12(19)15-9-4-8(5-14-6-9)11-16-17-13(20)18(11)2/h4-7,10H,3H2,1-2H3,(H,15,19)(H,17,20)/t7-,10-/m1/s1. The van der Waals surface area contributed by atoms with Gasteiger partial charge in [0.05, 0.1) is 11.9 Å². The van der Waals surface area contributed by atoms with E-state index < -0.39 is 0 Å². The van der Waals surface area contributed by atoms with Crippen molar-refractivity contribution in [3.63, 3.8) is 0 Å². The Labute approximate surface area is 121 Å². The zero-order valence-corrected chi connectivity index (χ0v) is 12.1. The first-order valence-electron chi connectivity index (χ1n) is 6.44. The van der Waals surface area contributed by atoms with E-state index in [1.165, 1.54) is 0 Å². The summed E-state index contributed by atoms with van der Waals surface area (Å²) in [6, 6.07) is 1.85. The van der Waals surface area contributed by atoms with E-state index in [9.17, 15) is 4.79 Å². The number of H-pyrrole nitrogens is 1. The van der Waals surface area contributed by atoms with E-state index in [4.69, 9.17) is 12.2 Å². The minimum atomic E-state index is 0.0619. The molecule has 0 aliphatic heterocycles. The number of hydrogen-bond donors (Lipinski definition) is 2. The molecule has 0 radical (unpaired) electrons. The van der Waals surface area contributed by atoms with Crippen LogP contribution in [-0.2, 0) is 11.8 Å². The van der Waals surface area contributed by atoms with Crippen molar-refractivity contribution in [2.24, 2.45) is 18.9 Å². The van der Waals surface area contributed by atoms with Crippen LogP contribution >= 0.6 is 12.2 Å². The van der Waals surface area contributed by atoms with Gasteiger partial charge in [0.2, 0.25) is 5.91 Å². The van der Waals surface area contributed by atoms with E-state index in [1.807, 2.05) is 13.1 Å². The van der Waals surface area contributed by atoms with Crippen molar-refractivity contribution in [2.75, 3.05) is 5.32 Å². The van der Waals surface area contributed by atoms with E-state index in [1.54, 1.807) is 17.0 Å². The molecule has 2 aromatic heterocycles. The van der Waals surface area contributed by atoms with Crippen LogP contribution in [0.4, 0.5) is 5.69 Å². The second kappa shape index (κ2) is 4.82. The average Bonchev–Trinajstić information content (AvgIpc) is 3.07. The van der Waals surface area contributed by atoms with Crippen molar-refractivity contribution >= 4 is 23.8 Å². The van der Waals surface area contributed by atoms with Crippen molar-refractivity contribution in [3.8, 4) is 11.4 Å². The Bertz CT molecular complexity index is 720. The number of rotatable bonds is 3. The molecule has 1 fully saturated rings. The molecule has 0 saturated heterocycles. The molecule has 20 heavy (non-hydrogen) atoms. The Morgan fingerprint density at radius 1 is 1.55 bits per heavy atom. The molecule has 2 heterocycles. The van der Waals surface area contributed by atoms with Crippen LogP contribution in [0.3, 0.4) is 0 Å². The van der Waals surface area contributed by atoms with Gasteiger partial charge in [-0.05, 0) is 30.6 Å². The second-order valence-electron chi connectivity index (χ2n) is 5.18. The van der Waals surface area contributed by atoms with Crippen LogP contribution in [0.5, 0.6) is 0 Å². The Balaban J connectivity index is 1.84. The number of pyridine rings is 1. The number of aromatic nitrogens is 4. The fourth-order valence-corrected chi connectivity index (χ4v) is 2.29. The summed E-state index contributed by atoms with van der Waals surface area (Å²) in [7, 11) is 1.83. The topological polar surface area (TPSA) is 75.6 Å². The summed E-state index contributed by atoms with van der Waals surface area (Å²) in [4.78, 5) is 16.1. The van der Waals surface area contributed by atoms with Crippen LogP contribution < -0.4 is 5.32 Å². The normalized spacial score (nSPS) is 20.7. The van der Waals surface area contributed by atoms with E-state index in [-0.39, 0.29) is 11.8 Å². The third kappa shape index (κ3) is 2.36. The molecular weight excluding hydrogens is 274 g/mol. The Morgan fingerprint density at radius 2 is 2.30 bits per heavy atom. The molecule has 3 rings (SSSR count). The average molecular weight is 289 g/mol. The second-order valence-corrected chi connectivity index (χ2v) is 5.57. The maximum absolute atomic E-state index is 11.9. The van der Waals surface area contributed by atoms with Gasteiger partial charge in [-0.2, -0.15) is 5.10 Å². The maximum Gasteiger partial charge on any atom is 0.227 e. The molecule has 7 heteroatoms. The van der Waals surface area contributed by atoms with Gasteiger partial charge in [-0.25, -0.2) is 0 Å². The summed E-state index contributed by atoms with van der Waals surface area (Å²) in [6.45, 7) is 2.08. The lowest BCUT2D eigenvalue weighted by Gasteiger charge is -2.06. The first-order valence-corrected chi connectivity index (χ1v) is 6.85. The molecule has 0 aromatic carbocycles. The van der Waals surface area contributed by atoms with Crippen molar-refractivity contribution < 1.29 is 4.79 Å². The molecule has 1 saturated carbocycles. The summed E-state index contributed by atoms with van der Waals surface area (Å²) in [5, 5.41) is 9.78. The molecule has 0 spiro atoms. The zero-order chi connectivity index (χ0) is 14.3. The van der Waals surface area contributed by atoms with E-state index >= 15 is 0 Å². The van der Waals surface area contributed by atoms with Crippen LogP contribution in [0.2, 0.25) is 0 Å². The number of hydrogen-bond acceptors (Lipinski definition) is 4. The molecule has 6 nitrogen and oxygen atoms in total. The molecule has 2 aromatic rings. The van der Waals surface area contributed by atoms with E-state index in [2.05, 4.69) is 27.4 Å². The highest BCUT2D eigenvalue weighted by molar-refractivity contribution is 7.71. The largest absolute Gasteiger partial charge is 0.324 e.